The first kappa shape index (κ1) is 22.9. The van der Waals surface area contributed by atoms with Crippen LogP contribution < -0.4 is 5.69 Å². The molecule has 4 nitrogen and oxygen atoms in total. The molecule has 0 aliphatic rings. The van der Waals surface area contributed by atoms with Crippen LogP contribution in [0.15, 0.2) is 52.9 Å². The minimum Gasteiger partial charge on any atom is -0.245 e. The van der Waals surface area contributed by atoms with Gasteiger partial charge in [-0.05, 0) is 55.0 Å². The molecule has 0 atom stereocenters. The predicted molar refractivity (Wildman–Crippen MR) is 127 cm³/mol. The van der Waals surface area contributed by atoms with Gasteiger partial charge in [0.25, 0.3) is 0 Å². The number of hydrogen-bond acceptors (Lipinski definition) is 3. The predicted octanol–water partition coefficient (Wildman–Crippen LogP) is 6.66. The van der Waals surface area contributed by atoms with Crippen LogP contribution in [0.3, 0.4) is 0 Å². The van der Waals surface area contributed by atoms with Crippen molar-refractivity contribution in [1.82, 2.24) is 14.5 Å². The maximum atomic E-state index is 14.5. The Morgan fingerprint density at radius 3 is 2.35 bits per heavy atom. The summed E-state index contributed by atoms with van der Waals surface area (Å²) in [6, 6.07) is 8.01. The Labute approximate surface area is 187 Å². The van der Waals surface area contributed by atoms with Crippen molar-refractivity contribution in [3.63, 3.8) is 0 Å². The first-order valence-electron chi connectivity index (χ1n) is 10.3. The van der Waals surface area contributed by atoms with Gasteiger partial charge in [-0.25, -0.2) is 18.7 Å². The van der Waals surface area contributed by atoms with Crippen molar-refractivity contribution >= 4 is 28.3 Å². The van der Waals surface area contributed by atoms with E-state index >= 15 is 0 Å². The minimum absolute atomic E-state index is 0.102. The molecule has 0 fully saturated rings. The molecule has 0 bridgehead atoms. The van der Waals surface area contributed by atoms with E-state index in [1.54, 1.807) is 31.2 Å². The van der Waals surface area contributed by atoms with Crippen molar-refractivity contribution in [1.29, 1.82) is 0 Å². The zero-order valence-corrected chi connectivity index (χ0v) is 19.5. The van der Waals surface area contributed by atoms with Gasteiger partial charge in [0.05, 0.1) is 22.1 Å². The number of aryl methyl sites for hydroxylation is 1. The van der Waals surface area contributed by atoms with Crippen molar-refractivity contribution in [2.24, 2.45) is 11.8 Å². The number of aromatic nitrogens is 3. The molecule has 31 heavy (non-hydrogen) atoms. The molecule has 0 unspecified atom stereocenters. The average molecular weight is 440 g/mol. The van der Waals surface area contributed by atoms with Gasteiger partial charge in [0, 0.05) is 10.9 Å². The highest BCUT2D eigenvalue weighted by molar-refractivity contribution is 6.33. The summed E-state index contributed by atoms with van der Waals surface area (Å²) in [4.78, 5) is 22.1. The molecular weight excluding hydrogens is 413 g/mol. The summed E-state index contributed by atoms with van der Waals surface area (Å²) in [5.41, 5.74) is 3.51. The number of nitrogens with zero attached hydrogens (tertiary/aromatic N) is 3. The molecule has 0 saturated carbocycles. The molecule has 3 rings (SSSR count). The smallest absolute Gasteiger partial charge is 0.245 e. The second-order valence-electron chi connectivity index (χ2n) is 8.35. The monoisotopic (exact) mass is 439 g/mol. The van der Waals surface area contributed by atoms with Crippen LogP contribution in [-0.4, -0.2) is 14.5 Å². The van der Waals surface area contributed by atoms with E-state index in [0.717, 1.165) is 11.1 Å². The van der Waals surface area contributed by atoms with Crippen molar-refractivity contribution in [3.8, 4) is 11.3 Å². The minimum atomic E-state index is -0.448. The summed E-state index contributed by atoms with van der Waals surface area (Å²) >= 11 is 6.51. The number of benzene rings is 1. The maximum absolute atomic E-state index is 14.5. The van der Waals surface area contributed by atoms with Gasteiger partial charge in [0.2, 0.25) is 0 Å². The third-order valence-electron chi connectivity index (χ3n) is 5.61. The average Bonchev–Trinajstić information content (AvgIpc) is 2.70. The van der Waals surface area contributed by atoms with Gasteiger partial charge >= 0.3 is 5.69 Å². The summed E-state index contributed by atoms with van der Waals surface area (Å²) in [5, 5.41) is 0.928. The SMILES string of the molecule is C=C(/C(=C(\C)C(C)C)n1c(=O)nc(C)c2cc(Cl)c(-c3ccccc3F)nc21)C(C)C. The molecule has 2 aromatic heterocycles. The van der Waals surface area contributed by atoms with Gasteiger partial charge in [-0.1, -0.05) is 58.0 Å². The number of pyridine rings is 1. The summed E-state index contributed by atoms with van der Waals surface area (Å²) < 4.78 is 16.0. The third kappa shape index (κ3) is 4.19. The summed E-state index contributed by atoms with van der Waals surface area (Å²) in [5.74, 6) is -0.158. The number of halogens is 2. The topological polar surface area (TPSA) is 47.8 Å². The normalized spacial score (nSPS) is 12.6. The molecule has 1 aromatic carbocycles. The van der Waals surface area contributed by atoms with Gasteiger partial charge in [-0.2, -0.15) is 4.98 Å². The van der Waals surface area contributed by atoms with Crippen molar-refractivity contribution in [2.45, 2.75) is 41.5 Å². The Hall–Kier alpha value is -2.79. The molecule has 0 N–H and O–H groups in total. The highest BCUT2D eigenvalue weighted by Gasteiger charge is 2.22. The van der Waals surface area contributed by atoms with Crippen LogP contribution in [0.4, 0.5) is 4.39 Å². The summed E-state index contributed by atoms with van der Waals surface area (Å²) in [6.45, 7) is 16.2. The second-order valence-corrected chi connectivity index (χ2v) is 8.76. The Bertz CT molecular complexity index is 1270. The lowest BCUT2D eigenvalue weighted by Crippen LogP contribution is -2.27. The molecule has 0 saturated heterocycles. The van der Waals surface area contributed by atoms with Crippen molar-refractivity contribution < 1.29 is 4.39 Å². The van der Waals surface area contributed by atoms with Crippen LogP contribution in [0.25, 0.3) is 28.0 Å². The van der Waals surface area contributed by atoms with Crippen LogP contribution in [0.2, 0.25) is 5.02 Å². The molecule has 162 valence electrons. The Morgan fingerprint density at radius 2 is 1.77 bits per heavy atom. The molecule has 0 radical (unpaired) electrons. The quantitative estimate of drug-likeness (QED) is 0.417. The Kier molecular flexibility index (Phi) is 6.46. The van der Waals surface area contributed by atoms with Gasteiger partial charge < -0.3 is 0 Å². The van der Waals surface area contributed by atoms with Crippen molar-refractivity contribution in [3.05, 3.63) is 75.1 Å². The molecule has 3 aromatic rings. The molecule has 0 aliphatic heterocycles. The highest BCUT2D eigenvalue weighted by Crippen LogP contribution is 2.34. The fourth-order valence-electron chi connectivity index (χ4n) is 3.42. The lowest BCUT2D eigenvalue weighted by atomic mass is 9.93. The number of fused-ring (bicyclic) bond motifs is 1. The molecule has 6 heteroatoms. The van der Waals surface area contributed by atoms with E-state index in [1.165, 1.54) is 10.6 Å². The zero-order chi connectivity index (χ0) is 23.0. The third-order valence-corrected chi connectivity index (χ3v) is 5.89. The van der Waals surface area contributed by atoms with E-state index in [2.05, 4.69) is 25.4 Å². The van der Waals surface area contributed by atoms with E-state index in [1.807, 2.05) is 20.8 Å². The van der Waals surface area contributed by atoms with Crippen LogP contribution in [0, 0.1) is 24.6 Å². The van der Waals surface area contributed by atoms with E-state index < -0.39 is 11.5 Å². The zero-order valence-electron chi connectivity index (χ0n) is 18.8. The lowest BCUT2D eigenvalue weighted by molar-refractivity contribution is 0.631. The molecule has 2 heterocycles. The molecule has 0 aliphatic carbocycles. The van der Waals surface area contributed by atoms with Gasteiger partial charge in [-0.3, -0.25) is 0 Å². The molecular formula is C25H27ClFN3O. The maximum Gasteiger partial charge on any atom is 0.354 e. The Morgan fingerprint density at radius 1 is 1.13 bits per heavy atom. The first-order chi connectivity index (χ1) is 14.5. The van der Waals surface area contributed by atoms with Crippen LogP contribution >= 0.6 is 11.6 Å². The fourth-order valence-corrected chi connectivity index (χ4v) is 3.68. The van der Waals surface area contributed by atoms with E-state index in [-0.39, 0.29) is 23.1 Å². The largest absolute Gasteiger partial charge is 0.354 e. The van der Waals surface area contributed by atoms with Crippen LogP contribution in [-0.2, 0) is 0 Å². The second kappa shape index (κ2) is 8.75. The molecule has 0 spiro atoms. The van der Waals surface area contributed by atoms with E-state index in [0.29, 0.717) is 27.4 Å². The fraction of sp³-hybridized carbons (Fsp3) is 0.320. The number of hydrogen-bond donors (Lipinski definition) is 0. The van der Waals surface area contributed by atoms with Gasteiger partial charge in [0.15, 0.2) is 5.65 Å². The molecule has 0 amide bonds. The Balaban J connectivity index is 2.51. The number of allylic oxidation sites excluding steroid dienone is 3. The van der Waals surface area contributed by atoms with Gasteiger partial charge in [0.1, 0.15) is 5.82 Å². The van der Waals surface area contributed by atoms with E-state index in [9.17, 15) is 9.18 Å². The summed E-state index contributed by atoms with van der Waals surface area (Å²) in [7, 11) is 0. The summed E-state index contributed by atoms with van der Waals surface area (Å²) in [6.07, 6.45) is 0. The standard InChI is InChI=1S/C25H27ClFN3O/c1-13(2)15(5)23(16(6)14(3)4)30-24-19(17(7)28-25(30)31)12-20(26)22(29-24)18-10-8-9-11-21(18)27/h8-14H,5H2,1-4,6-7H3/b23-16-. The van der Waals surface area contributed by atoms with Crippen LogP contribution in [0.5, 0.6) is 0 Å². The highest BCUT2D eigenvalue weighted by atomic mass is 35.5. The first-order valence-corrected chi connectivity index (χ1v) is 10.7. The van der Waals surface area contributed by atoms with Gasteiger partial charge in [-0.15, -0.1) is 0 Å². The number of rotatable bonds is 5. The lowest BCUT2D eigenvalue weighted by Gasteiger charge is -2.23. The van der Waals surface area contributed by atoms with Crippen molar-refractivity contribution in [2.75, 3.05) is 0 Å². The van der Waals surface area contributed by atoms with Crippen LogP contribution in [0.1, 0.15) is 40.3 Å². The van der Waals surface area contributed by atoms with E-state index in [4.69, 9.17) is 16.6 Å².